The van der Waals surface area contributed by atoms with E-state index in [-0.39, 0.29) is 10.6 Å². The lowest BCUT2D eigenvalue weighted by atomic mass is 10.3. The van der Waals surface area contributed by atoms with Crippen LogP contribution in [0.15, 0.2) is 62.8 Å². The summed E-state index contributed by atoms with van der Waals surface area (Å²) in [4.78, 5) is -0.442. The highest BCUT2D eigenvalue weighted by Gasteiger charge is 2.30. The van der Waals surface area contributed by atoms with Crippen LogP contribution in [0.3, 0.4) is 0 Å². The molecule has 142 valence electrons. The van der Waals surface area contributed by atoms with Crippen LogP contribution in [-0.4, -0.2) is 29.6 Å². The number of benzene rings is 2. The van der Waals surface area contributed by atoms with Gasteiger partial charge in [-0.15, -0.1) is 0 Å². The Morgan fingerprint density at radius 2 is 1.50 bits per heavy atom. The zero-order valence-corrected chi connectivity index (χ0v) is 16.0. The van der Waals surface area contributed by atoms with Gasteiger partial charge in [0, 0.05) is 10.2 Å². The van der Waals surface area contributed by atoms with E-state index in [0.717, 1.165) is 24.3 Å². The zero-order valence-electron chi connectivity index (χ0n) is 12.8. The van der Waals surface area contributed by atoms with Gasteiger partial charge in [-0.05, 0) is 42.5 Å². The summed E-state index contributed by atoms with van der Waals surface area (Å²) in [7, 11) is -8.27. The average molecular weight is 473 g/mol. The second-order valence-electron chi connectivity index (χ2n) is 5.03. The lowest BCUT2D eigenvalue weighted by molar-refractivity contribution is -0.121. The predicted molar refractivity (Wildman–Crippen MR) is 92.6 cm³/mol. The van der Waals surface area contributed by atoms with E-state index in [1.807, 2.05) is 0 Å². The third-order valence-electron chi connectivity index (χ3n) is 2.99. The number of nitrogens with one attached hydrogen (secondary N) is 2. The van der Waals surface area contributed by atoms with Crippen molar-refractivity contribution in [3.05, 3.63) is 53.0 Å². The summed E-state index contributed by atoms with van der Waals surface area (Å²) in [6, 6.07) is 10.2. The molecule has 0 spiro atoms. The summed E-state index contributed by atoms with van der Waals surface area (Å²) in [5, 5.41) is 0. The molecule has 0 heterocycles. The van der Waals surface area contributed by atoms with Crippen LogP contribution < -0.4 is 9.44 Å². The van der Waals surface area contributed by atoms with Crippen LogP contribution >= 0.6 is 15.9 Å². The van der Waals surface area contributed by atoms with E-state index in [2.05, 4.69) is 20.7 Å². The fraction of sp³-hybridized carbons (Fsp3) is 0.143. The maximum Gasteiger partial charge on any atom is 0.402 e. The molecule has 0 fully saturated rings. The van der Waals surface area contributed by atoms with Crippen LogP contribution in [0.5, 0.6) is 0 Å². The molecule has 26 heavy (non-hydrogen) atoms. The van der Waals surface area contributed by atoms with Crippen LogP contribution in [0.1, 0.15) is 0 Å². The summed E-state index contributed by atoms with van der Waals surface area (Å²) >= 11 is 3.15. The number of rotatable bonds is 6. The van der Waals surface area contributed by atoms with E-state index in [0.29, 0.717) is 4.47 Å². The number of alkyl halides is 3. The SMILES string of the molecule is O=S(=O)(NCC(F)(F)F)c1ccc(NS(=O)(=O)c2cccc(Br)c2)cc1. The van der Waals surface area contributed by atoms with Crippen LogP contribution in [0.2, 0.25) is 0 Å². The van der Waals surface area contributed by atoms with Gasteiger partial charge in [0.25, 0.3) is 10.0 Å². The first-order chi connectivity index (χ1) is 11.9. The topological polar surface area (TPSA) is 92.3 Å². The Bertz CT molecular complexity index is 992. The molecule has 2 N–H and O–H groups in total. The molecule has 6 nitrogen and oxygen atoms in total. The molecule has 0 aliphatic carbocycles. The molecule has 0 amide bonds. The van der Waals surface area contributed by atoms with E-state index in [1.54, 1.807) is 6.07 Å². The zero-order chi connectivity index (χ0) is 19.6. The van der Waals surface area contributed by atoms with Crippen molar-refractivity contribution in [2.45, 2.75) is 16.0 Å². The summed E-state index contributed by atoms with van der Waals surface area (Å²) in [5.41, 5.74) is 0.0553. The molecule has 0 saturated carbocycles. The van der Waals surface area contributed by atoms with Gasteiger partial charge in [-0.3, -0.25) is 4.72 Å². The summed E-state index contributed by atoms with van der Waals surface area (Å²) < 4.78 is 88.7. The molecule has 2 rings (SSSR count). The minimum atomic E-state index is -4.69. The van der Waals surface area contributed by atoms with Crippen molar-refractivity contribution in [1.29, 1.82) is 0 Å². The molecular formula is C14H12BrF3N2O4S2. The normalized spacial score (nSPS) is 12.8. The Labute approximate surface area is 156 Å². The Kier molecular flexibility index (Phi) is 6.00. The maximum absolute atomic E-state index is 12.3. The van der Waals surface area contributed by atoms with E-state index in [4.69, 9.17) is 0 Å². The molecule has 0 bridgehead atoms. The predicted octanol–water partition coefficient (Wildman–Crippen LogP) is 3.09. The molecule has 0 radical (unpaired) electrons. The van der Waals surface area contributed by atoms with Crippen LogP contribution in [-0.2, 0) is 20.0 Å². The van der Waals surface area contributed by atoms with Crippen molar-refractivity contribution in [1.82, 2.24) is 4.72 Å². The van der Waals surface area contributed by atoms with E-state index < -0.39 is 37.7 Å². The van der Waals surface area contributed by atoms with Crippen LogP contribution in [0.25, 0.3) is 0 Å². The fourth-order valence-electron chi connectivity index (χ4n) is 1.81. The quantitative estimate of drug-likeness (QED) is 0.675. The summed E-state index contributed by atoms with van der Waals surface area (Å²) in [6.45, 7) is -1.70. The molecule has 2 aromatic carbocycles. The monoisotopic (exact) mass is 472 g/mol. The first-order valence-corrected chi connectivity index (χ1v) is 10.6. The summed E-state index contributed by atoms with van der Waals surface area (Å²) in [6.07, 6.45) is -4.69. The molecule has 0 unspecified atom stereocenters. The molecule has 0 atom stereocenters. The van der Waals surface area contributed by atoms with E-state index in [1.165, 1.54) is 22.9 Å². The minimum absolute atomic E-state index is 0.0181. The molecule has 2 aromatic rings. The van der Waals surface area contributed by atoms with Crippen molar-refractivity contribution in [3.63, 3.8) is 0 Å². The second-order valence-corrected chi connectivity index (χ2v) is 9.39. The minimum Gasteiger partial charge on any atom is -0.280 e. The number of sulfonamides is 2. The van der Waals surface area contributed by atoms with Gasteiger partial charge in [0.15, 0.2) is 0 Å². The number of hydrogen-bond acceptors (Lipinski definition) is 4. The summed E-state index contributed by atoms with van der Waals surface area (Å²) in [5.74, 6) is 0. The van der Waals surface area contributed by atoms with Gasteiger partial charge < -0.3 is 0 Å². The largest absolute Gasteiger partial charge is 0.402 e. The Morgan fingerprint density at radius 1 is 0.885 bits per heavy atom. The van der Waals surface area contributed by atoms with Crippen LogP contribution in [0.4, 0.5) is 18.9 Å². The number of hydrogen-bond donors (Lipinski definition) is 2. The fourth-order valence-corrected chi connectivity index (χ4v) is 4.48. The molecule has 0 aromatic heterocycles. The van der Waals surface area contributed by atoms with Gasteiger partial charge in [0.05, 0.1) is 9.79 Å². The molecule has 0 saturated heterocycles. The average Bonchev–Trinajstić information content (AvgIpc) is 2.53. The van der Waals surface area contributed by atoms with Gasteiger partial charge in [-0.25, -0.2) is 21.6 Å². The van der Waals surface area contributed by atoms with Gasteiger partial charge in [-0.2, -0.15) is 13.2 Å². The first kappa shape index (κ1) is 20.7. The Hall–Kier alpha value is -1.63. The molecular weight excluding hydrogens is 461 g/mol. The van der Waals surface area contributed by atoms with Crippen molar-refractivity contribution >= 4 is 41.7 Å². The van der Waals surface area contributed by atoms with Gasteiger partial charge in [0.1, 0.15) is 6.54 Å². The Balaban J connectivity index is 2.17. The highest BCUT2D eigenvalue weighted by Crippen LogP contribution is 2.21. The lowest BCUT2D eigenvalue weighted by Crippen LogP contribution is -2.33. The number of anilines is 1. The first-order valence-electron chi connectivity index (χ1n) is 6.84. The third-order valence-corrected chi connectivity index (χ3v) is 6.28. The van der Waals surface area contributed by atoms with E-state index in [9.17, 15) is 30.0 Å². The highest BCUT2D eigenvalue weighted by atomic mass is 79.9. The molecule has 0 aliphatic heterocycles. The number of halogens is 4. The van der Waals surface area contributed by atoms with E-state index >= 15 is 0 Å². The van der Waals surface area contributed by atoms with Crippen molar-refractivity contribution in [3.8, 4) is 0 Å². The van der Waals surface area contributed by atoms with Gasteiger partial charge in [-0.1, -0.05) is 22.0 Å². The van der Waals surface area contributed by atoms with Crippen molar-refractivity contribution in [2.24, 2.45) is 0 Å². The lowest BCUT2D eigenvalue weighted by Gasteiger charge is -2.11. The smallest absolute Gasteiger partial charge is 0.280 e. The molecule has 12 heteroatoms. The van der Waals surface area contributed by atoms with Crippen LogP contribution in [0, 0.1) is 0 Å². The van der Waals surface area contributed by atoms with Crippen molar-refractivity contribution in [2.75, 3.05) is 11.3 Å². The highest BCUT2D eigenvalue weighted by molar-refractivity contribution is 9.10. The van der Waals surface area contributed by atoms with Crippen molar-refractivity contribution < 1.29 is 30.0 Å². The standard InChI is InChI=1S/C14H12BrF3N2O4S2/c15-10-2-1-3-13(8-10)26(23,24)20-11-4-6-12(7-5-11)25(21,22)19-9-14(16,17)18/h1-8,19-20H,9H2. The van der Waals surface area contributed by atoms with Gasteiger partial charge in [0.2, 0.25) is 10.0 Å². The second kappa shape index (κ2) is 7.55. The van der Waals surface area contributed by atoms with Gasteiger partial charge >= 0.3 is 6.18 Å². The third kappa shape index (κ3) is 5.69. The Morgan fingerprint density at radius 3 is 2.04 bits per heavy atom. The molecule has 0 aliphatic rings. The maximum atomic E-state index is 12.3.